The van der Waals surface area contributed by atoms with E-state index in [2.05, 4.69) is 11.2 Å². The molecule has 2 aromatic carbocycles. The second-order valence-electron chi connectivity index (χ2n) is 4.14. The zero-order valence-corrected chi connectivity index (χ0v) is 10.4. The van der Waals surface area contributed by atoms with Crippen molar-refractivity contribution in [1.29, 1.82) is 0 Å². The van der Waals surface area contributed by atoms with Gasteiger partial charge >= 0.3 is 0 Å². The average Bonchev–Trinajstić information content (AvgIpc) is 2.46. The maximum atomic E-state index is 10.9. The third kappa shape index (κ3) is 3.36. The lowest BCUT2D eigenvalue weighted by Crippen LogP contribution is -2.10. The minimum Gasteiger partial charge on any atom is -0.381 e. The number of benzene rings is 2. The first-order chi connectivity index (χ1) is 9.19. The van der Waals surface area contributed by atoms with Crippen molar-refractivity contribution in [2.24, 2.45) is 5.73 Å². The van der Waals surface area contributed by atoms with Crippen LogP contribution in [0.5, 0.6) is 0 Å². The van der Waals surface area contributed by atoms with E-state index in [1.165, 1.54) is 0 Å². The number of amides is 1. The molecule has 0 heterocycles. The highest BCUT2D eigenvalue weighted by Gasteiger charge is 2.00. The van der Waals surface area contributed by atoms with Crippen molar-refractivity contribution in [3.8, 4) is 12.3 Å². The summed E-state index contributed by atoms with van der Waals surface area (Å²) in [6, 6.07) is 14.8. The molecule has 0 aliphatic rings. The summed E-state index contributed by atoms with van der Waals surface area (Å²) in [5.74, 6) is 2.18. The van der Waals surface area contributed by atoms with Gasteiger partial charge in [0.15, 0.2) is 0 Å². The Morgan fingerprint density at radius 2 is 1.95 bits per heavy atom. The van der Waals surface area contributed by atoms with Crippen LogP contribution in [0.1, 0.15) is 21.5 Å². The van der Waals surface area contributed by atoms with E-state index in [0.717, 1.165) is 16.8 Å². The first kappa shape index (κ1) is 12.7. The number of hydrogen-bond donors (Lipinski definition) is 2. The van der Waals surface area contributed by atoms with Crippen molar-refractivity contribution in [1.82, 2.24) is 0 Å². The highest BCUT2D eigenvalue weighted by Crippen LogP contribution is 2.12. The van der Waals surface area contributed by atoms with Crippen molar-refractivity contribution in [3.63, 3.8) is 0 Å². The fourth-order valence-electron chi connectivity index (χ4n) is 1.71. The zero-order chi connectivity index (χ0) is 13.7. The van der Waals surface area contributed by atoms with Gasteiger partial charge in [0.1, 0.15) is 0 Å². The molecule has 3 heteroatoms. The Hall–Kier alpha value is -2.73. The van der Waals surface area contributed by atoms with Crippen LogP contribution >= 0.6 is 0 Å². The molecule has 0 bridgehead atoms. The molecular weight excluding hydrogens is 236 g/mol. The summed E-state index contributed by atoms with van der Waals surface area (Å²) in [4.78, 5) is 10.9. The highest BCUT2D eigenvalue weighted by molar-refractivity contribution is 5.92. The zero-order valence-electron chi connectivity index (χ0n) is 10.4. The molecule has 0 unspecified atom stereocenters. The molecule has 0 atom stereocenters. The molecule has 0 aromatic heterocycles. The molecule has 2 aromatic rings. The molecule has 0 saturated heterocycles. The van der Waals surface area contributed by atoms with Gasteiger partial charge in [0.25, 0.3) is 0 Å². The molecule has 1 amide bonds. The van der Waals surface area contributed by atoms with Gasteiger partial charge in [0.05, 0.1) is 0 Å². The average molecular weight is 250 g/mol. The third-order valence-corrected chi connectivity index (χ3v) is 2.76. The normalized spacial score (nSPS) is 9.63. The number of hydrogen-bond acceptors (Lipinski definition) is 2. The van der Waals surface area contributed by atoms with Crippen LogP contribution in [0.25, 0.3) is 0 Å². The Morgan fingerprint density at radius 3 is 2.58 bits per heavy atom. The summed E-state index contributed by atoms with van der Waals surface area (Å²) in [5, 5.41) is 3.27. The summed E-state index contributed by atoms with van der Waals surface area (Å²) in [7, 11) is 0. The molecule has 0 fully saturated rings. The van der Waals surface area contributed by atoms with Gasteiger partial charge in [0, 0.05) is 23.4 Å². The Bertz CT molecular complexity index is 624. The van der Waals surface area contributed by atoms with Gasteiger partial charge in [-0.1, -0.05) is 24.1 Å². The Morgan fingerprint density at radius 1 is 1.21 bits per heavy atom. The van der Waals surface area contributed by atoms with Gasteiger partial charge in [-0.05, 0) is 35.9 Å². The monoisotopic (exact) mass is 250 g/mol. The lowest BCUT2D eigenvalue weighted by molar-refractivity contribution is 0.100. The molecule has 3 N–H and O–H groups in total. The SMILES string of the molecule is C#Cc1cccc(NCc2ccc(C(N)=O)cc2)c1. The lowest BCUT2D eigenvalue weighted by atomic mass is 10.1. The summed E-state index contributed by atoms with van der Waals surface area (Å²) >= 11 is 0. The smallest absolute Gasteiger partial charge is 0.248 e. The van der Waals surface area contributed by atoms with E-state index < -0.39 is 5.91 Å². The summed E-state index contributed by atoms with van der Waals surface area (Å²) in [6.45, 7) is 0.660. The number of anilines is 1. The van der Waals surface area contributed by atoms with Gasteiger partial charge in [-0.2, -0.15) is 0 Å². The van der Waals surface area contributed by atoms with Crippen LogP contribution in [-0.2, 0) is 6.54 Å². The van der Waals surface area contributed by atoms with E-state index in [1.54, 1.807) is 12.1 Å². The minimum absolute atomic E-state index is 0.416. The van der Waals surface area contributed by atoms with Gasteiger partial charge in [-0.25, -0.2) is 0 Å². The molecule has 0 aliphatic heterocycles. The molecule has 19 heavy (non-hydrogen) atoms. The fraction of sp³-hybridized carbons (Fsp3) is 0.0625. The highest BCUT2D eigenvalue weighted by atomic mass is 16.1. The lowest BCUT2D eigenvalue weighted by Gasteiger charge is -2.07. The van der Waals surface area contributed by atoms with Crippen LogP contribution in [0.3, 0.4) is 0 Å². The van der Waals surface area contributed by atoms with E-state index >= 15 is 0 Å². The fourth-order valence-corrected chi connectivity index (χ4v) is 1.71. The number of carbonyl (C=O) groups excluding carboxylic acids is 1. The van der Waals surface area contributed by atoms with Crippen molar-refractivity contribution in [2.45, 2.75) is 6.54 Å². The summed E-state index contributed by atoms with van der Waals surface area (Å²) < 4.78 is 0. The molecule has 0 spiro atoms. The third-order valence-electron chi connectivity index (χ3n) is 2.76. The van der Waals surface area contributed by atoms with Crippen molar-refractivity contribution in [3.05, 3.63) is 65.2 Å². The first-order valence-electron chi connectivity index (χ1n) is 5.88. The van der Waals surface area contributed by atoms with Gasteiger partial charge in [-0.3, -0.25) is 4.79 Å². The number of rotatable bonds is 4. The molecule has 3 nitrogen and oxygen atoms in total. The number of nitrogens with two attached hydrogens (primary N) is 1. The van der Waals surface area contributed by atoms with Crippen LogP contribution < -0.4 is 11.1 Å². The van der Waals surface area contributed by atoms with Crippen molar-refractivity contribution >= 4 is 11.6 Å². The van der Waals surface area contributed by atoms with Crippen LogP contribution in [0.2, 0.25) is 0 Å². The van der Waals surface area contributed by atoms with E-state index in [9.17, 15) is 4.79 Å². The maximum Gasteiger partial charge on any atom is 0.248 e. The standard InChI is InChI=1S/C16H14N2O/c1-2-12-4-3-5-15(10-12)18-11-13-6-8-14(9-7-13)16(17)19/h1,3-10,18H,11H2,(H2,17,19). The number of carbonyl (C=O) groups is 1. The molecule has 0 aliphatic carbocycles. The summed E-state index contributed by atoms with van der Waals surface area (Å²) in [6.07, 6.45) is 5.35. The van der Waals surface area contributed by atoms with Crippen molar-refractivity contribution in [2.75, 3.05) is 5.32 Å². The second-order valence-corrected chi connectivity index (χ2v) is 4.14. The Kier molecular flexibility index (Phi) is 3.84. The maximum absolute atomic E-state index is 10.9. The molecule has 0 radical (unpaired) electrons. The van der Waals surface area contributed by atoms with E-state index in [0.29, 0.717) is 12.1 Å². The van der Waals surface area contributed by atoms with Crippen LogP contribution in [0.4, 0.5) is 5.69 Å². The van der Waals surface area contributed by atoms with Crippen molar-refractivity contribution < 1.29 is 4.79 Å². The van der Waals surface area contributed by atoms with Gasteiger partial charge < -0.3 is 11.1 Å². The van der Waals surface area contributed by atoms with E-state index in [1.807, 2.05) is 36.4 Å². The second kappa shape index (κ2) is 5.74. The number of primary amides is 1. The molecule has 0 saturated carbocycles. The molecule has 2 rings (SSSR count). The Balaban J connectivity index is 2.02. The quantitative estimate of drug-likeness (QED) is 0.818. The predicted molar refractivity (Wildman–Crippen MR) is 76.7 cm³/mol. The van der Waals surface area contributed by atoms with Crippen LogP contribution in [0, 0.1) is 12.3 Å². The molecule has 94 valence electrons. The van der Waals surface area contributed by atoms with Gasteiger partial charge in [-0.15, -0.1) is 6.42 Å². The van der Waals surface area contributed by atoms with Crippen LogP contribution in [-0.4, -0.2) is 5.91 Å². The Labute approximate surface area is 112 Å². The number of terminal acetylenes is 1. The topological polar surface area (TPSA) is 55.1 Å². The predicted octanol–water partition coefficient (Wildman–Crippen LogP) is 2.38. The van der Waals surface area contributed by atoms with Gasteiger partial charge in [0.2, 0.25) is 5.91 Å². The molecular formula is C16H14N2O. The largest absolute Gasteiger partial charge is 0.381 e. The van der Waals surface area contributed by atoms with E-state index in [-0.39, 0.29) is 0 Å². The first-order valence-corrected chi connectivity index (χ1v) is 5.88. The minimum atomic E-state index is -0.416. The van der Waals surface area contributed by atoms with Crippen LogP contribution in [0.15, 0.2) is 48.5 Å². The van der Waals surface area contributed by atoms with E-state index in [4.69, 9.17) is 12.2 Å². The number of nitrogens with one attached hydrogen (secondary N) is 1. The summed E-state index contributed by atoms with van der Waals surface area (Å²) in [5.41, 5.74) is 8.57.